The lowest BCUT2D eigenvalue weighted by atomic mass is 9.96. The minimum atomic E-state index is -0.949. The second-order valence-corrected chi connectivity index (χ2v) is 15.1. The van der Waals surface area contributed by atoms with Crippen LogP contribution in [0.1, 0.15) is 74.5 Å². The molecule has 0 spiro atoms. The molecule has 2 aromatic carbocycles. The first-order valence-corrected chi connectivity index (χ1v) is 19.5. The minimum Gasteiger partial charge on any atom is -0.465 e. The number of imidazole rings is 2. The van der Waals surface area contributed by atoms with E-state index in [4.69, 9.17) is 9.72 Å². The summed E-state index contributed by atoms with van der Waals surface area (Å²) in [6, 6.07) is 13.4. The Kier molecular flexibility index (Phi) is 11.8. The van der Waals surface area contributed by atoms with E-state index in [2.05, 4.69) is 91.1 Å². The van der Waals surface area contributed by atoms with E-state index in [-0.39, 0.29) is 23.9 Å². The van der Waals surface area contributed by atoms with Gasteiger partial charge < -0.3 is 39.8 Å². The van der Waals surface area contributed by atoms with Crippen molar-refractivity contribution in [2.45, 2.75) is 57.7 Å². The smallest absolute Gasteiger partial charge is 0.407 e. The van der Waals surface area contributed by atoms with E-state index in [1.54, 1.807) is 17.3 Å². The van der Waals surface area contributed by atoms with Crippen LogP contribution in [0.25, 0.3) is 22.4 Å². The molecule has 0 unspecified atom stereocenters. The molecule has 14 nitrogen and oxygen atoms in total. The largest absolute Gasteiger partial charge is 0.465 e. The molecule has 14 heteroatoms. The average molecular weight is 772 g/mol. The Morgan fingerprint density at radius 2 is 1.49 bits per heavy atom. The summed E-state index contributed by atoms with van der Waals surface area (Å²) >= 11 is 0. The first-order valence-electron chi connectivity index (χ1n) is 19.5. The summed E-state index contributed by atoms with van der Waals surface area (Å²) in [6.07, 6.45) is 4.92. The zero-order valence-corrected chi connectivity index (χ0v) is 32.8. The van der Waals surface area contributed by atoms with Gasteiger partial charge in [0.2, 0.25) is 5.91 Å². The van der Waals surface area contributed by atoms with Crippen molar-refractivity contribution < 1.29 is 24.2 Å². The second-order valence-electron chi connectivity index (χ2n) is 15.1. The highest BCUT2D eigenvalue weighted by Crippen LogP contribution is 2.35. The fourth-order valence-electron chi connectivity index (χ4n) is 7.87. The number of amides is 3. The molecular weight excluding hydrogens is 723 g/mol. The number of hydrogen-bond acceptors (Lipinski definition) is 8. The van der Waals surface area contributed by atoms with Crippen molar-refractivity contribution in [1.82, 2.24) is 40.0 Å². The maximum atomic E-state index is 13.7. The molecule has 296 valence electrons. The second kappa shape index (κ2) is 17.3. The maximum absolute atomic E-state index is 13.7. The lowest BCUT2D eigenvalue weighted by molar-refractivity contribution is -0.135. The fraction of sp³-hybridized carbons (Fsp3) is 0.419. The lowest BCUT2D eigenvalue weighted by Crippen LogP contribution is -2.51. The summed E-state index contributed by atoms with van der Waals surface area (Å²) in [6.45, 7) is 8.85. The number of nitrogens with zero attached hydrogens (tertiary/aromatic N) is 6. The van der Waals surface area contributed by atoms with Gasteiger partial charge in [-0.05, 0) is 91.8 Å². The molecule has 0 saturated carbocycles. The molecule has 4 N–H and O–H groups in total. The van der Waals surface area contributed by atoms with Gasteiger partial charge in [-0.1, -0.05) is 38.0 Å². The van der Waals surface area contributed by atoms with Crippen molar-refractivity contribution in [2.24, 2.45) is 5.92 Å². The summed E-state index contributed by atoms with van der Waals surface area (Å²) in [4.78, 5) is 61.2. The average Bonchev–Trinajstić information content (AvgIpc) is 4.06. The third kappa shape index (κ3) is 8.77. The maximum Gasteiger partial charge on any atom is 0.407 e. The number of likely N-dealkylation sites (tertiary alicyclic amines) is 2. The number of likely N-dealkylation sites (N-methyl/N-ethyl adjacent to an activating group) is 1. The summed E-state index contributed by atoms with van der Waals surface area (Å²) < 4.78 is 4.79. The van der Waals surface area contributed by atoms with E-state index in [0.29, 0.717) is 30.4 Å². The van der Waals surface area contributed by atoms with Crippen molar-refractivity contribution in [2.75, 3.05) is 58.3 Å². The summed E-state index contributed by atoms with van der Waals surface area (Å²) in [5.41, 5.74) is 6.23. The molecule has 7 rings (SSSR count). The van der Waals surface area contributed by atoms with Crippen LogP contribution >= 0.6 is 0 Å². The molecule has 0 aliphatic carbocycles. The molecule has 0 radical (unpaired) electrons. The van der Waals surface area contributed by atoms with Crippen molar-refractivity contribution in [1.29, 1.82) is 0 Å². The van der Waals surface area contributed by atoms with Gasteiger partial charge in [0.25, 0.3) is 0 Å². The van der Waals surface area contributed by atoms with Crippen LogP contribution in [0.2, 0.25) is 0 Å². The van der Waals surface area contributed by atoms with Gasteiger partial charge in [0.1, 0.15) is 23.4 Å². The van der Waals surface area contributed by atoms with Crippen LogP contribution in [-0.2, 0) is 9.53 Å². The van der Waals surface area contributed by atoms with Crippen LogP contribution in [0, 0.1) is 29.6 Å². The van der Waals surface area contributed by atoms with Gasteiger partial charge in [0.05, 0.1) is 37.3 Å². The van der Waals surface area contributed by atoms with Gasteiger partial charge in [-0.3, -0.25) is 9.69 Å². The standard InChI is InChI=1S/C43H49N9O5/c1-28(2)38(48-42(54)57-4)41(53)51-19-7-11-36(51)40-45-27-35(47-40)31-14-13-29(34(25-31)30-15-17-33(18-16-30)50-23-21-49(3)22-24-50)9-5-6-10-32-26-44-39(46-32)37-12-8-20-52(37)43(55)56/h13-18,25-28,36-38H,7-8,11-12,19-24H2,1-4H3,(H,44,46)(H,45,47)(H,48,54)(H,55,56)/t36-,37-,38-/m0/s1. The number of hydrogen-bond donors (Lipinski definition) is 4. The molecule has 3 fully saturated rings. The number of aromatic nitrogens is 4. The number of anilines is 1. The van der Waals surface area contributed by atoms with Crippen molar-refractivity contribution in [3.63, 3.8) is 0 Å². The highest BCUT2D eigenvalue weighted by Gasteiger charge is 2.37. The molecule has 5 heterocycles. The predicted octanol–water partition coefficient (Wildman–Crippen LogP) is 5.48. The van der Waals surface area contributed by atoms with Crippen LogP contribution in [0.15, 0.2) is 54.9 Å². The number of alkyl carbamates (subject to hydrolysis) is 1. The minimum absolute atomic E-state index is 0.126. The number of carbonyl (C=O) groups excluding carboxylic acids is 2. The van der Waals surface area contributed by atoms with Gasteiger partial charge in [-0.25, -0.2) is 19.6 Å². The van der Waals surface area contributed by atoms with E-state index in [0.717, 1.165) is 79.8 Å². The number of benzene rings is 2. The number of H-pyrrole nitrogens is 2. The molecule has 3 aliphatic heterocycles. The van der Waals surface area contributed by atoms with Crippen LogP contribution in [0.4, 0.5) is 15.3 Å². The summed E-state index contributed by atoms with van der Waals surface area (Å²) in [5.74, 6) is 13.3. The third-order valence-corrected chi connectivity index (χ3v) is 11.1. The van der Waals surface area contributed by atoms with E-state index >= 15 is 0 Å². The zero-order valence-electron chi connectivity index (χ0n) is 32.8. The molecule has 3 aliphatic rings. The van der Waals surface area contributed by atoms with Crippen LogP contribution < -0.4 is 10.2 Å². The van der Waals surface area contributed by atoms with E-state index < -0.39 is 18.2 Å². The van der Waals surface area contributed by atoms with Gasteiger partial charge >= 0.3 is 12.2 Å². The first kappa shape index (κ1) is 39.0. The summed E-state index contributed by atoms with van der Waals surface area (Å²) in [7, 11) is 3.44. The molecular formula is C43H49N9O5. The van der Waals surface area contributed by atoms with Gasteiger partial charge in [-0.15, -0.1) is 0 Å². The topological polar surface area (TPSA) is 163 Å². The van der Waals surface area contributed by atoms with Crippen molar-refractivity contribution in [3.8, 4) is 46.1 Å². The van der Waals surface area contributed by atoms with Gasteiger partial charge in [0, 0.05) is 56.1 Å². The number of carboxylic acid groups (broad SMARTS) is 1. The normalized spacial score (nSPS) is 18.8. The Bertz CT molecular complexity index is 2220. The Hall–Kier alpha value is -6.25. The molecule has 2 aromatic heterocycles. The highest BCUT2D eigenvalue weighted by atomic mass is 16.5. The Labute approximate surface area is 333 Å². The van der Waals surface area contributed by atoms with Crippen LogP contribution in [-0.4, -0.2) is 117 Å². The highest BCUT2D eigenvalue weighted by molar-refractivity contribution is 5.86. The molecule has 4 aromatic rings. The van der Waals surface area contributed by atoms with E-state index in [9.17, 15) is 19.5 Å². The lowest BCUT2D eigenvalue weighted by Gasteiger charge is -2.34. The van der Waals surface area contributed by atoms with Crippen LogP contribution in [0.5, 0.6) is 0 Å². The monoisotopic (exact) mass is 771 g/mol. The SMILES string of the molecule is COC(=O)N[C@H](C(=O)N1CCC[C@H]1c1ncc(-c2ccc(C#CC#Cc3cnc([C@@H]4CCCN4C(=O)O)[nH]3)c(-c3ccc(N4CCN(C)CC4)cc3)c2)[nH]1)C(C)C. The molecule has 3 amide bonds. The molecule has 57 heavy (non-hydrogen) atoms. The Morgan fingerprint density at radius 3 is 2.19 bits per heavy atom. The van der Waals surface area contributed by atoms with Gasteiger partial charge in [0.15, 0.2) is 0 Å². The molecule has 0 bridgehead atoms. The zero-order chi connectivity index (χ0) is 40.1. The number of ether oxygens (including phenoxy) is 1. The number of piperazine rings is 1. The molecule has 3 atom stereocenters. The number of nitrogens with one attached hydrogen (secondary N) is 3. The number of carbonyl (C=O) groups is 3. The predicted molar refractivity (Wildman–Crippen MR) is 216 cm³/mol. The fourth-order valence-corrected chi connectivity index (χ4v) is 7.87. The quantitative estimate of drug-likeness (QED) is 0.170. The summed E-state index contributed by atoms with van der Waals surface area (Å²) in [5, 5.41) is 12.2. The van der Waals surface area contributed by atoms with Crippen molar-refractivity contribution >= 4 is 23.8 Å². The first-order chi connectivity index (χ1) is 27.6. The molecule has 3 saturated heterocycles. The van der Waals surface area contributed by atoms with E-state index in [1.807, 2.05) is 26.0 Å². The number of methoxy groups -OCH3 is 1. The third-order valence-electron chi connectivity index (χ3n) is 11.1. The van der Waals surface area contributed by atoms with Crippen molar-refractivity contribution in [3.05, 3.63) is 77.8 Å². The Morgan fingerprint density at radius 1 is 0.842 bits per heavy atom. The van der Waals surface area contributed by atoms with Crippen LogP contribution in [0.3, 0.4) is 0 Å². The Balaban J connectivity index is 1.15. The van der Waals surface area contributed by atoms with E-state index in [1.165, 1.54) is 17.7 Å². The van der Waals surface area contributed by atoms with Gasteiger partial charge in [-0.2, -0.15) is 0 Å². The number of aromatic amines is 2. The number of rotatable bonds is 8.